The van der Waals surface area contributed by atoms with Crippen molar-refractivity contribution in [1.29, 1.82) is 0 Å². The number of likely N-dealkylation sites (tertiary alicyclic amines) is 1. The van der Waals surface area contributed by atoms with E-state index in [-0.39, 0.29) is 24.5 Å². The SMILES string of the molecule is CCCOC(=O)N1CCN(C(=O)Cc2ccc(Cl)c(Cl)c2)[C@H](CN2CCCC2)C1. The van der Waals surface area contributed by atoms with Crippen LogP contribution in [0, 0.1) is 0 Å². The van der Waals surface area contributed by atoms with E-state index in [4.69, 9.17) is 27.9 Å². The number of hydrogen-bond donors (Lipinski definition) is 0. The van der Waals surface area contributed by atoms with E-state index in [2.05, 4.69) is 4.90 Å². The molecule has 1 atom stereocenters. The van der Waals surface area contributed by atoms with Gasteiger partial charge in [-0.3, -0.25) is 4.79 Å². The Morgan fingerprint density at radius 2 is 1.86 bits per heavy atom. The number of carbonyl (C=O) groups excluding carboxylic acids is 2. The summed E-state index contributed by atoms with van der Waals surface area (Å²) in [6.45, 7) is 6.79. The Bertz CT molecular complexity index is 725. The predicted octanol–water partition coefficient (Wildman–Crippen LogP) is 3.69. The molecule has 2 aliphatic rings. The van der Waals surface area contributed by atoms with Crippen molar-refractivity contribution in [2.75, 3.05) is 45.9 Å². The molecule has 0 N–H and O–H groups in total. The predicted molar refractivity (Wildman–Crippen MR) is 115 cm³/mol. The van der Waals surface area contributed by atoms with Crippen molar-refractivity contribution in [2.45, 2.75) is 38.6 Å². The van der Waals surface area contributed by atoms with E-state index in [0.717, 1.165) is 31.6 Å². The number of ether oxygens (including phenoxy) is 1. The summed E-state index contributed by atoms with van der Waals surface area (Å²) in [7, 11) is 0. The van der Waals surface area contributed by atoms with Gasteiger partial charge in [0.25, 0.3) is 0 Å². The molecule has 8 heteroatoms. The van der Waals surface area contributed by atoms with Crippen LogP contribution in [0.3, 0.4) is 0 Å². The van der Waals surface area contributed by atoms with E-state index >= 15 is 0 Å². The van der Waals surface area contributed by atoms with Crippen molar-refractivity contribution in [3.8, 4) is 0 Å². The van der Waals surface area contributed by atoms with Gasteiger partial charge in [-0.05, 0) is 50.0 Å². The van der Waals surface area contributed by atoms with Crippen LogP contribution in [-0.4, -0.2) is 78.6 Å². The minimum atomic E-state index is -0.283. The Morgan fingerprint density at radius 3 is 2.55 bits per heavy atom. The van der Waals surface area contributed by atoms with Crippen LogP contribution in [0.1, 0.15) is 31.7 Å². The molecule has 6 nitrogen and oxygen atoms in total. The van der Waals surface area contributed by atoms with Gasteiger partial charge in [-0.2, -0.15) is 0 Å². The molecule has 2 amide bonds. The van der Waals surface area contributed by atoms with E-state index in [1.54, 1.807) is 17.0 Å². The van der Waals surface area contributed by atoms with Gasteiger partial charge in [0, 0.05) is 26.2 Å². The molecule has 2 aliphatic heterocycles. The summed E-state index contributed by atoms with van der Waals surface area (Å²) in [6.07, 6.45) is 3.16. The minimum Gasteiger partial charge on any atom is -0.449 e. The summed E-state index contributed by atoms with van der Waals surface area (Å²) in [4.78, 5) is 31.5. The molecule has 2 fully saturated rings. The first-order valence-electron chi connectivity index (χ1n) is 10.4. The van der Waals surface area contributed by atoms with Gasteiger partial charge in [0.1, 0.15) is 0 Å². The molecular formula is C21H29Cl2N3O3. The van der Waals surface area contributed by atoms with Gasteiger partial charge in [0.2, 0.25) is 5.91 Å². The van der Waals surface area contributed by atoms with Crippen LogP contribution in [0.15, 0.2) is 18.2 Å². The van der Waals surface area contributed by atoms with E-state index in [9.17, 15) is 9.59 Å². The molecule has 0 bridgehead atoms. The van der Waals surface area contributed by atoms with Gasteiger partial charge in [-0.15, -0.1) is 0 Å². The average molecular weight is 442 g/mol. The highest BCUT2D eigenvalue weighted by Gasteiger charge is 2.34. The molecule has 1 aromatic rings. The number of carbonyl (C=O) groups is 2. The lowest BCUT2D eigenvalue weighted by Gasteiger charge is -2.42. The maximum Gasteiger partial charge on any atom is 0.409 e. The second-order valence-electron chi connectivity index (χ2n) is 7.73. The summed E-state index contributed by atoms with van der Waals surface area (Å²) < 4.78 is 5.31. The number of benzene rings is 1. The third kappa shape index (κ3) is 6.00. The molecule has 0 unspecified atom stereocenters. The summed E-state index contributed by atoms with van der Waals surface area (Å²) in [5, 5.41) is 0.933. The molecule has 160 valence electrons. The smallest absolute Gasteiger partial charge is 0.409 e. The number of halogens is 2. The maximum atomic E-state index is 13.1. The summed E-state index contributed by atoms with van der Waals surface area (Å²) >= 11 is 12.1. The minimum absolute atomic E-state index is 0.0358. The van der Waals surface area contributed by atoms with Crippen molar-refractivity contribution in [3.63, 3.8) is 0 Å². The van der Waals surface area contributed by atoms with Gasteiger partial charge in [-0.25, -0.2) is 4.79 Å². The molecule has 2 heterocycles. The summed E-state index contributed by atoms with van der Waals surface area (Å²) in [6, 6.07) is 5.26. The van der Waals surface area contributed by atoms with Crippen molar-refractivity contribution in [1.82, 2.24) is 14.7 Å². The fraction of sp³-hybridized carbons (Fsp3) is 0.619. The van der Waals surface area contributed by atoms with E-state index in [1.807, 2.05) is 17.9 Å². The highest BCUT2D eigenvalue weighted by Crippen LogP contribution is 2.24. The standard InChI is InChI=1S/C21H29Cl2N3O3/c1-2-11-29-21(28)25-9-10-26(17(15-25)14-24-7-3-4-8-24)20(27)13-16-5-6-18(22)19(23)12-16/h5-6,12,17H,2-4,7-11,13-15H2,1H3/t17-/m1/s1. The number of piperazine rings is 1. The van der Waals surface area contributed by atoms with Crippen LogP contribution in [0.5, 0.6) is 0 Å². The fourth-order valence-electron chi connectivity index (χ4n) is 3.98. The van der Waals surface area contributed by atoms with Crippen molar-refractivity contribution in [2.24, 2.45) is 0 Å². The monoisotopic (exact) mass is 441 g/mol. The zero-order chi connectivity index (χ0) is 20.8. The first-order chi connectivity index (χ1) is 14.0. The molecule has 0 spiro atoms. The molecule has 1 aromatic carbocycles. The maximum absolute atomic E-state index is 13.1. The molecule has 0 saturated carbocycles. The Kier molecular flexibility index (Phi) is 8.04. The number of nitrogens with zero attached hydrogens (tertiary/aromatic N) is 3. The Morgan fingerprint density at radius 1 is 1.10 bits per heavy atom. The van der Waals surface area contributed by atoms with Crippen LogP contribution in [0.4, 0.5) is 4.79 Å². The number of hydrogen-bond acceptors (Lipinski definition) is 4. The lowest BCUT2D eigenvalue weighted by atomic mass is 10.1. The third-order valence-corrected chi connectivity index (χ3v) is 6.24. The average Bonchev–Trinajstić information content (AvgIpc) is 3.22. The van der Waals surface area contributed by atoms with Gasteiger partial charge >= 0.3 is 6.09 Å². The fourth-order valence-corrected chi connectivity index (χ4v) is 4.30. The highest BCUT2D eigenvalue weighted by molar-refractivity contribution is 6.42. The third-order valence-electron chi connectivity index (χ3n) is 5.50. The normalized spacial score (nSPS) is 20.2. The Labute approximate surface area is 182 Å². The van der Waals surface area contributed by atoms with Crippen molar-refractivity contribution in [3.05, 3.63) is 33.8 Å². The van der Waals surface area contributed by atoms with Crippen LogP contribution >= 0.6 is 23.2 Å². The zero-order valence-corrected chi connectivity index (χ0v) is 18.4. The molecular weight excluding hydrogens is 413 g/mol. The molecule has 29 heavy (non-hydrogen) atoms. The first-order valence-corrected chi connectivity index (χ1v) is 11.1. The second kappa shape index (κ2) is 10.5. The number of amides is 2. The first kappa shape index (κ1) is 22.2. The van der Waals surface area contributed by atoms with Crippen molar-refractivity contribution >= 4 is 35.2 Å². The van der Waals surface area contributed by atoms with Gasteiger partial charge in [0.15, 0.2) is 0 Å². The van der Waals surface area contributed by atoms with Crippen molar-refractivity contribution < 1.29 is 14.3 Å². The lowest BCUT2D eigenvalue weighted by Crippen LogP contribution is -2.60. The molecule has 0 aromatic heterocycles. The van der Waals surface area contributed by atoms with E-state index < -0.39 is 0 Å². The molecule has 0 aliphatic carbocycles. The van der Waals surface area contributed by atoms with Gasteiger partial charge in [0.05, 0.1) is 29.1 Å². The Hall–Kier alpha value is -1.50. The quantitative estimate of drug-likeness (QED) is 0.675. The van der Waals surface area contributed by atoms with E-state index in [1.165, 1.54) is 12.8 Å². The zero-order valence-electron chi connectivity index (χ0n) is 16.9. The van der Waals surface area contributed by atoms with Crippen LogP contribution in [-0.2, 0) is 16.0 Å². The van der Waals surface area contributed by atoms with E-state index in [0.29, 0.717) is 36.3 Å². The highest BCUT2D eigenvalue weighted by atomic mass is 35.5. The summed E-state index contributed by atoms with van der Waals surface area (Å²) in [5.74, 6) is 0.0501. The molecule has 2 saturated heterocycles. The molecule has 3 rings (SSSR count). The largest absolute Gasteiger partial charge is 0.449 e. The second-order valence-corrected chi connectivity index (χ2v) is 8.55. The number of rotatable bonds is 6. The van der Waals surface area contributed by atoms with Crippen LogP contribution < -0.4 is 0 Å². The van der Waals surface area contributed by atoms with Gasteiger partial charge in [-0.1, -0.05) is 36.2 Å². The topological polar surface area (TPSA) is 53.1 Å². The lowest BCUT2D eigenvalue weighted by molar-refractivity contribution is -0.135. The molecule has 0 radical (unpaired) electrons. The van der Waals surface area contributed by atoms with Crippen LogP contribution in [0.2, 0.25) is 10.0 Å². The Balaban J connectivity index is 1.68. The summed E-state index contributed by atoms with van der Waals surface area (Å²) in [5.41, 5.74) is 0.842. The van der Waals surface area contributed by atoms with Gasteiger partial charge < -0.3 is 19.4 Å². The van der Waals surface area contributed by atoms with Crippen LogP contribution in [0.25, 0.3) is 0 Å².